The van der Waals surface area contributed by atoms with Gasteiger partial charge in [-0.1, -0.05) is 74.5 Å². The number of hydrogen-bond donors (Lipinski definition) is 1. The van der Waals surface area contributed by atoms with Crippen molar-refractivity contribution in [2.45, 2.75) is 68.2 Å². The summed E-state index contributed by atoms with van der Waals surface area (Å²) in [5, 5.41) is 10.3. The van der Waals surface area contributed by atoms with E-state index in [1.165, 1.54) is 5.57 Å². The number of allylic oxidation sites excluding steroid dienone is 5. The zero-order chi connectivity index (χ0) is 16.1. The molecule has 0 aromatic rings. The number of aliphatic hydroxyl groups is 1. The fourth-order valence-corrected chi connectivity index (χ4v) is 1.72. The summed E-state index contributed by atoms with van der Waals surface area (Å²) in [5.74, 6) is 0.872. The SMILES string of the molecule is C=C(/C=C(\C=C(/O)C(C)(C)C)C(C)CCC)C(C)(C)C. The van der Waals surface area contributed by atoms with Gasteiger partial charge >= 0.3 is 0 Å². The van der Waals surface area contributed by atoms with E-state index in [1.54, 1.807) is 0 Å². The summed E-state index contributed by atoms with van der Waals surface area (Å²) in [4.78, 5) is 0. The van der Waals surface area contributed by atoms with Crippen LogP contribution in [0, 0.1) is 16.7 Å². The summed E-state index contributed by atoms with van der Waals surface area (Å²) >= 11 is 0. The van der Waals surface area contributed by atoms with E-state index in [0.717, 1.165) is 18.4 Å². The first-order valence-corrected chi connectivity index (χ1v) is 7.71. The van der Waals surface area contributed by atoms with E-state index in [-0.39, 0.29) is 10.8 Å². The van der Waals surface area contributed by atoms with Crippen LogP contribution in [0.1, 0.15) is 68.2 Å². The van der Waals surface area contributed by atoms with Crippen molar-refractivity contribution >= 4 is 0 Å². The van der Waals surface area contributed by atoms with Gasteiger partial charge in [-0.25, -0.2) is 0 Å². The molecule has 0 radical (unpaired) electrons. The van der Waals surface area contributed by atoms with Gasteiger partial charge in [0.25, 0.3) is 0 Å². The molecule has 1 N–H and O–H groups in total. The first kappa shape index (κ1) is 19.0. The van der Waals surface area contributed by atoms with Crippen molar-refractivity contribution in [2.75, 3.05) is 0 Å². The van der Waals surface area contributed by atoms with Crippen LogP contribution in [0.2, 0.25) is 0 Å². The molecule has 0 saturated heterocycles. The summed E-state index contributed by atoms with van der Waals surface area (Å²) in [5.41, 5.74) is 2.13. The molecule has 0 aliphatic carbocycles. The summed E-state index contributed by atoms with van der Waals surface area (Å²) in [6.07, 6.45) is 6.36. The van der Waals surface area contributed by atoms with Crippen LogP contribution in [0.4, 0.5) is 0 Å². The summed E-state index contributed by atoms with van der Waals surface area (Å²) in [6, 6.07) is 0. The smallest absolute Gasteiger partial charge is 0.0978 e. The van der Waals surface area contributed by atoms with E-state index in [4.69, 9.17) is 0 Å². The standard InChI is InChI=1S/C19H34O/c1-10-11-14(2)16(12-15(3)18(4,5)6)13-17(20)19(7,8)9/h12-14,20H,3,10-11H2,1-2,4-9H3/b16-12+,17-13-. The summed E-state index contributed by atoms with van der Waals surface area (Å²) < 4.78 is 0. The highest BCUT2D eigenvalue weighted by Gasteiger charge is 2.19. The zero-order valence-electron chi connectivity index (χ0n) is 14.8. The topological polar surface area (TPSA) is 20.2 Å². The molecule has 1 atom stereocenters. The molecule has 0 amide bonds. The molecule has 116 valence electrons. The first-order chi connectivity index (χ1) is 8.89. The third-order valence-electron chi connectivity index (χ3n) is 3.67. The molecular formula is C19H34O. The highest BCUT2D eigenvalue weighted by atomic mass is 16.3. The lowest BCUT2D eigenvalue weighted by Gasteiger charge is -2.23. The maximum absolute atomic E-state index is 10.3. The fourth-order valence-electron chi connectivity index (χ4n) is 1.72. The molecular weight excluding hydrogens is 244 g/mol. The fraction of sp³-hybridized carbons (Fsp3) is 0.684. The van der Waals surface area contributed by atoms with Crippen molar-refractivity contribution in [1.29, 1.82) is 0 Å². The first-order valence-electron chi connectivity index (χ1n) is 7.71. The Morgan fingerprint density at radius 1 is 1.05 bits per heavy atom. The summed E-state index contributed by atoms with van der Waals surface area (Å²) in [7, 11) is 0. The Labute approximate surface area is 126 Å². The number of aliphatic hydroxyl groups excluding tert-OH is 1. The number of rotatable bonds is 5. The van der Waals surface area contributed by atoms with E-state index < -0.39 is 0 Å². The Morgan fingerprint density at radius 3 is 1.90 bits per heavy atom. The average Bonchev–Trinajstić information content (AvgIpc) is 2.25. The largest absolute Gasteiger partial charge is 0.512 e. The van der Waals surface area contributed by atoms with Gasteiger partial charge in [0.05, 0.1) is 5.76 Å². The van der Waals surface area contributed by atoms with Crippen molar-refractivity contribution in [1.82, 2.24) is 0 Å². The zero-order valence-corrected chi connectivity index (χ0v) is 14.8. The van der Waals surface area contributed by atoms with E-state index in [9.17, 15) is 5.11 Å². The third kappa shape index (κ3) is 6.45. The van der Waals surface area contributed by atoms with Crippen LogP contribution in [-0.2, 0) is 0 Å². The lowest BCUT2D eigenvalue weighted by Crippen LogP contribution is -2.11. The molecule has 1 unspecified atom stereocenters. The van der Waals surface area contributed by atoms with Gasteiger partial charge in [0.1, 0.15) is 0 Å². The van der Waals surface area contributed by atoms with Gasteiger partial charge in [-0.2, -0.15) is 0 Å². The second-order valence-electron chi connectivity index (χ2n) is 7.89. The van der Waals surface area contributed by atoms with E-state index in [1.807, 2.05) is 26.8 Å². The van der Waals surface area contributed by atoms with E-state index in [2.05, 4.69) is 47.3 Å². The minimum absolute atomic E-state index is 0.0579. The predicted molar refractivity (Wildman–Crippen MR) is 90.9 cm³/mol. The molecule has 0 aliphatic heterocycles. The molecule has 0 heterocycles. The molecule has 20 heavy (non-hydrogen) atoms. The van der Waals surface area contributed by atoms with Gasteiger partial charge in [0, 0.05) is 5.41 Å². The lowest BCUT2D eigenvalue weighted by molar-refractivity contribution is 0.276. The van der Waals surface area contributed by atoms with Gasteiger partial charge in [0.2, 0.25) is 0 Å². The molecule has 0 aliphatic rings. The van der Waals surface area contributed by atoms with E-state index in [0.29, 0.717) is 11.7 Å². The normalized spacial score (nSPS) is 16.2. The number of hydrogen-bond acceptors (Lipinski definition) is 1. The molecule has 0 bridgehead atoms. The van der Waals surface area contributed by atoms with Crippen molar-refractivity contribution in [3.05, 3.63) is 35.6 Å². The van der Waals surface area contributed by atoms with Gasteiger partial charge in [-0.3, -0.25) is 0 Å². The highest BCUT2D eigenvalue weighted by Crippen LogP contribution is 2.31. The Hall–Kier alpha value is -0.980. The molecule has 0 spiro atoms. The van der Waals surface area contributed by atoms with Gasteiger partial charge < -0.3 is 5.11 Å². The van der Waals surface area contributed by atoms with Gasteiger partial charge in [-0.05, 0) is 35.0 Å². The van der Waals surface area contributed by atoms with Crippen LogP contribution < -0.4 is 0 Å². The third-order valence-corrected chi connectivity index (χ3v) is 3.67. The predicted octanol–water partition coefficient (Wildman–Crippen LogP) is 6.44. The Kier molecular flexibility index (Phi) is 6.80. The minimum Gasteiger partial charge on any atom is -0.512 e. The van der Waals surface area contributed by atoms with Crippen LogP contribution in [-0.4, -0.2) is 5.11 Å². The lowest BCUT2D eigenvalue weighted by atomic mass is 9.83. The second kappa shape index (κ2) is 7.15. The maximum Gasteiger partial charge on any atom is 0.0978 e. The van der Waals surface area contributed by atoms with Gasteiger partial charge in [0.15, 0.2) is 0 Å². The van der Waals surface area contributed by atoms with Crippen LogP contribution >= 0.6 is 0 Å². The van der Waals surface area contributed by atoms with Crippen molar-refractivity contribution in [2.24, 2.45) is 16.7 Å². The van der Waals surface area contributed by atoms with E-state index >= 15 is 0 Å². The Balaban J connectivity index is 5.53. The Morgan fingerprint density at radius 2 is 1.55 bits per heavy atom. The highest BCUT2D eigenvalue weighted by molar-refractivity contribution is 5.34. The molecule has 0 saturated carbocycles. The van der Waals surface area contributed by atoms with Crippen LogP contribution in [0.3, 0.4) is 0 Å². The molecule has 1 nitrogen and oxygen atoms in total. The van der Waals surface area contributed by atoms with Crippen molar-refractivity contribution < 1.29 is 5.11 Å². The average molecular weight is 278 g/mol. The van der Waals surface area contributed by atoms with Gasteiger partial charge in [-0.15, -0.1) is 0 Å². The molecule has 0 aromatic heterocycles. The second-order valence-corrected chi connectivity index (χ2v) is 7.89. The van der Waals surface area contributed by atoms with Crippen LogP contribution in [0.25, 0.3) is 0 Å². The van der Waals surface area contributed by atoms with Crippen LogP contribution in [0.15, 0.2) is 35.6 Å². The molecule has 0 fully saturated rings. The quantitative estimate of drug-likeness (QED) is 0.453. The van der Waals surface area contributed by atoms with Crippen molar-refractivity contribution in [3.63, 3.8) is 0 Å². The summed E-state index contributed by atoms with van der Waals surface area (Å²) in [6.45, 7) is 21.2. The minimum atomic E-state index is -0.214. The molecule has 0 rings (SSSR count). The monoisotopic (exact) mass is 278 g/mol. The maximum atomic E-state index is 10.3. The van der Waals surface area contributed by atoms with Crippen LogP contribution in [0.5, 0.6) is 0 Å². The molecule has 1 heteroatoms. The molecule has 0 aromatic carbocycles. The van der Waals surface area contributed by atoms with Crippen molar-refractivity contribution in [3.8, 4) is 0 Å². The Bertz CT molecular complexity index is 383.